The first-order valence-corrected chi connectivity index (χ1v) is 8.93. The Morgan fingerprint density at radius 2 is 1.54 bits per heavy atom. The highest BCUT2D eigenvalue weighted by molar-refractivity contribution is 5.79. The molecule has 3 rings (SSSR count). The number of benzene rings is 2. The van der Waals surface area contributed by atoms with Gasteiger partial charge < -0.3 is 10.1 Å². The quantitative estimate of drug-likeness (QED) is 0.678. The summed E-state index contributed by atoms with van der Waals surface area (Å²) >= 11 is 0. The Hall–Kier alpha value is -2.81. The van der Waals surface area contributed by atoms with Crippen LogP contribution in [0, 0.1) is 0 Å². The van der Waals surface area contributed by atoms with E-state index in [4.69, 9.17) is 4.74 Å². The Labute approximate surface area is 155 Å². The van der Waals surface area contributed by atoms with Gasteiger partial charge in [0.1, 0.15) is 6.61 Å². The number of hydrogen-bond acceptors (Lipinski definition) is 2. The van der Waals surface area contributed by atoms with Crippen molar-refractivity contribution in [3.8, 4) is 11.1 Å². The number of ether oxygens (including phenoxy) is 1. The summed E-state index contributed by atoms with van der Waals surface area (Å²) in [5.74, 6) is 0.0678. The van der Waals surface area contributed by atoms with Gasteiger partial charge in [0.25, 0.3) is 0 Å². The van der Waals surface area contributed by atoms with Crippen molar-refractivity contribution in [1.82, 2.24) is 5.32 Å². The predicted octanol–water partition coefficient (Wildman–Crippen LogP) is 5.44. The standard InChI is InChI=1S/C23H25NO2/c1-4-14-23(3,15-5-2)24-22(25)26-16-21-19-12-8-6-10-17(19)18-11-7-9-13-20(18)21/h4-13,21H,1-2,14-16H2,3H3,(H,24,25). The van der Waals surface area contributed by atoms with Crippen LogP contribution in [-0.2, 0) is 4.74 Å². The molecule has 0 saturated carbocycles. The summed E-state index contributed by atoms with van der Waals surface area (Å²) in [7, 11) is 0. The summed E-state index contributed by atoms with van der Waals surface area (Å²) in [4.78, 5) is 12.4. The van der Waals surface area contributed by atoms with Crippen molar-refractivity contribution in [2.75, 3.05) is 6.61 Å². The molecule has 3 nitrogen and oxygen atoms in total. The SMILES string of the molecule is C=CCC(C)(CC=C)NC(=O)OCC1c2ccccc2-c2ccccc21. The minimum absolute atomic E-state index is 0.0678. The number of hydrogen-bond donors (Lipinski definition) is 1. The molecule has 0 aromatic heterocycles. The van der Waals surface area contributed by atoms with E-state index in [1.54, 1.807) is 12.2 Å². The van der Waals surface area contributed by atoms with Crippen LogP contribution in [0.25, 0.3) is 11.1 Å². The van der Waals surface area contributed by atoms with Crippen LogP contribution < -0.4 is 5.32 Å². The number of carbonyl (C=O) groups excluding carboxylic acids is 1. The van der Waals surface area contributed by atoms with E-state index >= 15 is 0 Å². The zero-order valence-corrected chi connectivity index (χ0v) is 15.2. The Morgan fingerprint density at radius 3 is 2.04 bits per heavy atom. The van der Waals surface area contributed by atoms with Crippen molar-refractivity contribution in [2.24, 2.45) is 0 Å². The Balaban J connectivity index is 1.73. The minimum atomic E-state index is -0.425. The zero-order valence-electron chi connectivity index (χ0n) is 15.2. The summed E-state index contributed by atoms with van der Waals surface area (Å²) in [6.45, 7) is 9.82. The smallest absolute Gasteiger partial charge is 0.407 e. The van der Waals surface area contributed by atoms with Crippen LogP contribution in [0.5, 0.6) is 0 Å². The van der Waals surface area contributed by atoms with Crippen molar-refractivity contribution in [1.29, 1.82) is 0 Å². The molecule has 0 radical (unpaired) electrons. The van der Waals surface area contributed by atoms with Gasteiger partial charge in [-0.15, -0.1) is 13.2 Å². The average Bonchev–Trinajstić information content (AvgIpc) is 2.94. The van der Waals surface area contributed by atoms with E-state index in [9.17, 15) is 4.79 Å². The maximum atomic E-state index is 12.4. The molecule has 2 aromatic rings. The van der Waals surface area contributed by atoms with Crippen molar-refractivity contribution in [3.63, 3.8) is 0 Å². The number of fused-ring (bicyclic) bond motifs is 3. The van der Waals surface area contributed by atoms with Gasteiger partial charge in [0.05, 0.1) is 0 Å². The Kier molecular flexibility index (Phi) is 5.27. The van der Waals surface area contributed by atoms with Gasteiger partial charge in [-0.25, -0.2) is 4.79 Å². The second-order valence-corrected chi connectivity index (χ2v) is 7.00. The largest absolute Gasteiger partial charge is 0.449 e. The first kappa shape index (κ1) is 18.0. The Morgan fingerprint density at radius 1 is 1.04 bits per heavy atom. The molecule has 1 aliphatic carbocycles. The minimum Gasteiger partial charge on any atom is -0.449 e. The van der Waals surface area contributed by atoms with E-state index in [1.807, 2.05) is 31.2 Å². The van der Waals surface area contributed by atoms with Gasteiger partial charge in [-0.05, 0) is 42.0 Å². The third kappa shape index (κ3) is 3.57. The third-order valence-electron chi connectivity index (χ3n) is 4.94. The topological polar surface area (TPSA) is 38.3 Å². The molecule has 26 heavy (non-hydrogen) atoms. The maximum absolute atomic E-state index is 12.4. The second kappa shape index (κ2) is 7.61. The van der Waals surface area contributed by atoms with Gasteiger partial charge in [-0.2, -0.15) is 0 Å². The van der Waals surface area contributed by atoms with Gasteiger partial charge >= 0.3 is 6.09 Å². The molecule has 0 atom stereocenters. The number of nitrogens with one attached hydrogen (secondary N) is 1. The van der Waals surface area contributed by atoms with Crippen LogP contribution in [0.1, 0.15) is 36.8 Å². The van der Waals surface area contributed by atoms with Crippen molar-refractivity contribution < 1.29 is 9.53 Å². The van der Waals surface area contributed by atoms with Crippen LogP contribution in [0.4, 0.5) is 4.79 Å². The summed E-state index contributed by atoms with van der Waals surface area (Å²) in [5, 5.41) is 2.96. The fourth-order valence-corrected chi connectivity index (χ4v) is 3.70. The zero-order chi connectivity index (χ0) is 18.6. The second-order valence-electron chi connectivity index (χ2n) is 7.00. The molecule has 1 N–H and O–H groups in total. The molecule has 1 aliphatic rings. The van der Waals surface area contributed by atoms with Gasteiger partial charge in [0.15, 0.2) is 0 Å². The van der Waals surface area contributed by atoms with Gasteiger partial charge in [0, 0.05) is 11.5 Å². The fraction of sp³-hybridized carbons (Fsp3) is 0.261. The van der Waals surface area contributed by atoms with Crippen LogP contribution in [0.2, 0.25) is 0 Å². The van der Waals surface area contributed by atoms with Crippen LogP contribution >= 0.6 is 0 Å². The molecule has 0 spiro atoms. The molecular weight excluding hydrogens is 322 g/mol. The van der Waals surface area contributed by atoms with Crippen LogP contribution in [-0.4, -0.2) is 18.2 Å². The molecule has 1 amide bonds. The molecule has 0 saturated heterocycles. The molecule has 0 bridgehead atoms. The summed E-state index contributed by atoms with van der Waals surface area (Å²) < 4.78 is 5.61. The number of alkyl carbamates (subject to hydrolysis) is 1. The van der Waals surface area contributed by atoms with Crippen molar-refractivity contribution in [3.05, 3.63) is 85.0 Å². The first-order chi connectivity index (χ1) is 12.6. The van der Waals surface area contributed by atoms with E-state index in [-0.39, 0.29) is 5.92 Å². The van der Waals surface area contributed by atoms with Gasteiger partial charge in [-0.3, -0.25) is 0 Å². The van der Waals surface area contributed by atoms with E-state index in [0.717, 1.165) is 0 Å². The molecule has 0 heterocycles. The van der Waals surface area contributed by atoms with Crippen LogP contribution in [0.15, 0.2) is 73.8 Å². The molecule has 0 fully saturated rings. The summed E-state index contributed by atoms with van der Waals surface area (Å²) in [6.07, 6.45) is 4.51. The van der Waals surface area contributed by atoms with Gasteiger partial charge in [-0.1, -0.05) is 60.7 Å². The highest BCUT2D eigenvalue weighted by Crippen LogP contribution is 2.44. The maximum Gasteiger partial charge on any atom is 0.407 e. The number of rotatable bonds is 7. The molecular formula is C23H25NO2. The monoisotopic (exact) mass is 347 g/mol. The molecule has 0 aliphatic heterocycles. The van der Waals surface area contributed by atoms with E-state index in [2.05, 4.69) is 42.7 Å². The normalized spacial score (nSPS) is 12.8. The third-order valence-corrected chi connectivity index (χ3v) is 4.94. The lowest BCUT2D eigenvalue weighted by atomic mass is 9.94. The Bertz CT molecular complexity index is 769. The van der Waals surface area contributed by atoms with E-state index in [0.29, 0.717) is 19.4 Å². The number of carbonyl (C=O) groups is 1. The lowest BCUT2D eigenvalue weighted by Crippen LogP contribution is -2.45. The summed E-state index contributed by atoms with van der Waals surface area (Å²) in [5.41, 5.74) is 4.44. The summed E-state index contributed by atoms with van der Waals surface area (Å²) in [6, 6.07) is 16.6. The lowest BCUT2D eigenvalue weighted by molar-refractivity contribution is 0.131. The van der Waals surface area contributed by atoms with E-state index < -0.39 is 11.6 Å². The van der Waals surface area contributed by atoms with E-state index in [1.165, 1.54) is 22.3 Å². The van der Waals surface area contributed by atoms with Crippen LogP contribution in [0.3, 0.4) is 0 Å². The molecule has 3 heteroatoms. The molecule has 0 unspecified atom stereocenters. The highest BCUT2D eigenvalue weighted by Gasteiger charge is 2.30. The average molecular weight is 347 g/mol. The fourth-order valence-electron chi connectivity index (χ4n) is 3.70. The lowest BCUT2D eigenvalue weighted by Gasteiger charge is -2.28. The molecule has 2 aromatic carbocycles. The van der Waals surface area contributed by atoms with Crippen molar-refractivity contribution >= 4 is 6.09 Å². The first-order valence-electron chi connectivity index (χ1n) is 8.93. The predicted molar refractivity (Wildman–Crippen MR) is 106 cm³/mol. The highest BCUT2D eigenvalue weighted by atomic mass is 16.5. The van der Waals surface area contributed by atoms with Crippen molar-refractivity contribution in [2.45, 2.75) is 31.2 Å². The van der Waals surface area contributed by atoms with Gasteiger partial charge in [0.2, 0.25) is 0 Å². The number of amides is 1. The molecule has 134 valence electrons.